The summed E-state index contributed by atoms with van der Waals surface area (Å²) in [7, 11) is -0.629. The molecule has 36 heavy (non-hydrogen) atoms. The summed E-state index contributed by atoms with van der Waals surface area (Å²) in [5.41, 5.74) is 1.82. The molecule has 0 saturated carbocycles. The third-order valence-electron chi connectivity index (χ3n) is 5.51. The van der Waals surface area contributed by atoms with Gasteiger partial charge in [-0.2, -0.15) is 9.30 Å². The molecule has 7 nitrogen and oxygen atoms in total. The van der Waals surface area contributed by atoms with Crippen LogP contribution < -0.4 is 4.80 Å². The van der Waals surface area contributed by atoms with Crippen LogP contribution in [0.15, 0.2) is 76.6 Å². The Morgan fingerprint density at radius 2 is 1.75 bits per heavy atom. The van der Waals surface area contributed by atoms with Crippen molar-refractivity contribution in [2.75, 3.05) is 20.8 Å². The van der Waals surface area contributed by atoms with Crippen LogP contribution in [-0.2, 0) is 27.8 Å². The number of benzene rings is 3. The smallest absolute Gasteiger partial charge is 0.279 e. The first-order valence-corrected chi connectivity index (χ1v) is 13.9. The second-order valence-electron chi connectivity index (χ2n) is 7.93. The Kier molecular flexibility index (Phi) is 8.29. The summed E-state index contributed by atoms with van der Waals surface area (Å²) in [5, 5.41) is 0.782. The van der Waals surface area contributed by atoms with Crippen molar-refractivity contribution < 1.29 is 17.9 Å². The number of fused-ring (bicyclic) bond motifs is 1. The normalized spacial score (nSPS) is 12.5. The highest BCUT2D eigenvalue weighted by atomic mass is 35.5. The zero-order chi connectivity index (χ0) is 25.9. The summed E-state index contributed by atoms with van der Waals surface area (Å²) in [4.78, 5) is 17.8. The van der Waals surface area contributed by atoms with Crippen molar-refractivity contribution in [1.29, 1.82) is 0 Å². The van der Waals surface area contributed by atoms with Crippen LogP contribution in [0.1, 0.15) is 15.9 Å². The minimum Gasteiger partial charge on any atom is -0.383 e. The summed E-state index contributed by atoms with van der Waals surface area (Å²) in [6, 6.07) is 18.6. The zero-order valence-corrected chi connectivity index (χ0v) is 22.7. The molecule has 4 aromatic rings. The number of rotatable bonds is 8. The van der Waals surface area contributed by atoms with Gasteiger partial charge in [-0.15, -0.1) is 0 Å². The zero-order valence-electron chi connectivity index (χ0n) is 19.5. The number of halogens is 2. The third kappa shape index (κ3) is 5.56. The molecule has 188 valence electrons. The highest BCUT2D eigenvalue weighted by molar-refractivity contribution is 7.89. The van der Waals surface area contributed by atoms with E-state index in [2.05, 4.69) is 4.99 Å². The third-order valence-corrected chi connectivity index (χ3v) is 9.16. The predicted octanol–water partition coefficient (Wildman–Crippen LogP) is 5.22. The Labute approximate surface area is 223 Å². The van der Waals surface area contributed by atoms with Crippen LogP contribution in [-0.4, -0.2) is 44.0 Å². The van der Waals surface area contributed by atoms with Crippen molar-refractivity contribution in [3.8, 4) is 0 Å². The average molecular weight is 565 g/mol. The first-order chi connectivity index (χ1) is 17.2. The quantitative estimate of drug-likeness (QED) is 0.294. The van der Waals surface area contributed by atoms with Crippen molar-refractivity contribution in [3.63, 3.8) is 0 Å². The molecular weight excluding hydrogens is 541 g/mol. The van der Waals surface area contributed by atoms with Crippen molar-refractivity contribution >= 4 is 60.7 Å². The number of carbonyl (C=O) groups excluding carboxylic acids is 1. The fourth-order valence-electron chi connectivity index (χ4n) is 3.60. The standard InChI is InChI=1S/C25H23Cl2N3O4S2/c1-29(16-17-6-4-3-5-7-17)36(32,33)19-10-8-18(9-11-19)24(31)28-25-30(14-15-34-2)23-21(35-25)13-12-20(26)22(23)27/h3-13H,14-16H2,1-2H3. The molecule has 0 atom stereocenters. The van der Waals surface area contributed by atoms with Gasteiger partial charge in [-0.05, 0) is 42.0 Å². The Balaban J connectivity index is 1.63. The van der Waals surface area contributed by atoms with Crippen molar-refractivity contribution in [2.24, 2.45) is 4.99 Å². The van der Waals surface area contributed by atoms with Crippen LogP contribution in [0.2, 0.25) is 10.0 Å². The van der Waals surface area contributed by atoms with Crippen LogP contribution in [0.3, 0.4) is 0 Å². The van der Waals surface area contributed by atoms with E-state index in [-0.39, 0.29) is 17.0 Å². The lowest BCUT2D eigenvalue weighted by Gasteiger charge is -2.17. The molecule has 0 unspecified atom stereocenters. The van der Waals surface area contributed by atoms with E-state index in [1.165, 1.54) is 47.0 Å². The molecule has 0 fully saturated rings. The second-order valence-corrected chi connectivity index (χ2v) is 11.8. The number of nitrogens with zero attached hydrogens (tertiary/aromatic N) is 3. The molecular formula is C25H23Cl2N3O4S2. The van der Waals surface area contributed by atoms with E-state index < -0.39 is 15.9 Å². The van der Waals surface area contributed by atoms with Gasteiger partial charge in [0.15, 0.2) is 4.80 Å². The van der Waals surface area contributed by atoms with Crippen LogP contribution in [0.4, 0.5) is 0 Å². The van der Waals surface area contributed by atoms with E-state index >= 15 is 0 Å². The van der Waals surface area contributed by atoms with Gasteiger partial charge in [0.25, 0.3) is 5.91 Å². The van der Waals surface area contributed by atoms with Crippen LogP contribution >= 0.6 is 34.5 Å². The van der Waals surface area contributed by atoms with Gasteiger partial charge in [-0.3, -0.25) is 4.79 Å². The maximum Gasteiger partial charge on any atom is 0.279 e. The van der Waals surface area contributed by atoms with Gasteiger partial charge in [-0.1, -0.05) is 64.9 Å². The molecule has 0 aliphatic heterocycles. The highest BCUT2D eigenvalue weighted by Crippen LogP contribution is 2.32. The number of hydrogen-bond donors (Lipinski definition) is 0. The molecule has 4 rings (SSSR count). The van der Waals surface area contributed by atoms with Crippen molar-refractivity contribution in [2.45, 2.75) is 18.0 Å². The number of ether oxygens (including phenoxy) is 1. The van der Waals surface area contributed by atoms with Gasteiger partial charge in [0, 0.05) is 32.8 Å². The molecule has 0 saturated heterocycles. The van der Waals surface area contributed by atoms with E-state index in [1.54, 1.807) is 17.7 Å². The minimum absolute atomic E-state index is 0.0934. The molecule has 0 spiro atoms. The summed E-state index contributed by atoms with van der Waals surface area (Å²) >= 11 is 13.9. The molecule has 0 N–H and O–H groups in total. The average Bonchev–Trinajstić information content (AvgIpc) is 3.23. The first-order valence-electron chi connectivity index (χ1n) is 10.9. The van der Waals surface area contributed by atoms with Gasteiger partial charge >= 0.3 is 0 Å². The van der Waals surface area contributed by atoms with Crippen LogP contribution in [0, 0.1) is 0 Å². The Bertz CT molecular complexity index is 1560. The van der Waals surface area contributed by atoms with Gasteiger partial charge in [0.2, 0.25) is 10.0 Å². The number of thiazole rings is 1. The lowest BCUT2D eigenvalue weighted by atomic mass is 10.2. The lowest BCUT2D eigenvalue weighted by molar-refractivity contribution is 0.0997. The molecule has 0 aliphatic carbocycles. The largest absolute Gasteiger partial charge is 0.383 e. The number of amides is 1. The highest BCUT2D eigenvalue weighted by Gasteiger charge is 2.21. The Hall–Kier alpha value is -2.53. The molecule has 11 heteroatoms. The molecule has 1 aromatic heterocycles. The van der Waals surface area contributed by atoms with E-state index in [9.17, 15) is 13.2 Å². The maximum absolute atomic E-state index is 13.0. The minimum atomic E-state index is -3.73. The predicted molar refractivity (Wildman–Crippen MR) is 143 cm³/mol. The van der Waals surface area contributed by atoms with Gasteiger partial charge in [0.05, 0.1) is 31.8 Å². The van der Waals surface area contributed by atoms with Gasteiger partial charge in [-0.25, -0.2) is 8.42 Å². The number of hydrogen-bond acceptors (Lipinski definition) is 5. The summed E-state index contributed by atoms with van der Waals surface area (Å²) < 4.78 is 35.1. The summed E-state index contributed by atoms with van der Waals surface area (Å²) in [5.74, 6) is -0.503. The fraction of sp³-hybridized carbons (Fsp3) is 0.200. The first kappa shape index (κ1) is 26.5. The second kappa shape index (κ2) is 11.2. The molecule has 0 bridgehead atoms. The van der Waals surface area contributed by atoms with Gasteiger partial charge in [0.1, 0.15) is 0 Å². The summed E-state index contributed by atoms with van der Waals surface area (Å²) in [6.45, 7) is 1.05. The lowest BCUT2D eigenvalue weighted by Crippen LogP contribution is -2.26. The SMILES string of the molecule is COCCn1c(=NC(=O)c2ccc(S(=O)(=O)N(C)Cc3ccccc3)cc2)sc2ccc(Cl)c(Cl)c21. The number of methoxy groups -OCH3 is 1. The molecule has 3 aromatic carbocycles. The number of sulfonamides is 1. The molecule has 1 amide bonds. The number of aromatic nitrogens is 1. The topological polar surface area (TPSA) is 81.0 Å². The monoisotopic (exact) mass is 563 g/mol. The van der Waals surface area contributed by atoms with Gasteiger partial charge < -0.3 is 9.30 Å². The van der Waals surface area contributed by atoms with E-state index in [0.29, 0.717) is 33.5 Å². The van der Waals surface area contributed by atoms with Crippen molar-refractivity contribution in [1.82, 2.24) is 8.87 Å². The van der Waals surface area contributed by atoms with E-state index in [0.717, 1.165) is 10.3 Å². The molecule has 1 heterocycles. The Morgan fingerprint density at radius 1 is 1.06 bits per heavy atom. The summed E-state index contributed by atoms with van der Waals surface area (Å²) in [6.07, 6.45) is 0. The van der Waals surface area contributed by atoms with E-state index in [1.807, 2.05) is 36.4 Å². The van der Waals surface area contributed by atoms with Crippen molar-refractivity contribution in [3.05, 3.63) is 92.7 Å². The maximum atomic E-state index is 13.0. The molecule has 0 aliphatic rings. The Morgan fingerprint density at radius 3 is 2.42 bits per heavy atom. The molecule has 0 radical (unpaired) electrons. The number of carbonyl (C=O) groups is 1. The van der Waals surface area contributed by atoms with Crippen LogP contribution in [0.5, 0.6) is 0 Å². The van der Waals surface area contributed by atoms with Crippen LogP contribution in [0.25, 0.3) is 10.2 Å². The van der Waals surface area contributed by atoms with E-state index in [4.69, 9.17) is 27.9 Å². The fourth-order valence-corrected chi connectivity index (χ4v) is 6.30.